The van der Waals surface area contributed by atoms with Gasteiger partial charge in [0.15, 0.2) is 0 Å². The Bertz CT molecular complexity index is 404. The molecule has 1 aromatic carbocycles. The molecular weight excluding hydrogens is 174 g/mol. The molecule has 1 heterocycles. The van der Waals surface area contributed by atoms with E-state index in [9.17, 15) is 0 Å². The Morgan fingerprint density at radius 3 is 2.50 bits per heavy atom. The maximum Gasteiger partial charge on any atom is 0.0702 e. The molecule has 0 aliphatic heterocycles. The number of nitrogens with zero attached hydrogens (tertiary/aromatic N) is 1. The van der Waals surface area contributed by atoms with Gasteiger partial charge in [-0.3, -0.25) is 0 Å². The molecule has 0 radical (unpaired) electrons. The van der Waals surface area contributed by atoms with Crippen molar-refractivity contribution >= 4 is 10.9 Å². The second-order valence-electron chi connectivity index (χ2n) is 2.94. The van der Waals surface area contributed by atoms with Gasteiger partial charge >= 0.3 is 0 Å². The molecule has 0 saturated heterocycles. The number of aromatic nitrogens is 1. The van der Waals surface area contributed by atoms with E-state index in [4.69, 9.17) is 5.11 Å². The second-order valence-corrected chi connectivity index (χ2v) is 2.94. The molecular formula is C12H17NO. The number of aliphatic hydroxyl groups is 1. The van der Waals surface area contributed by atoms with Gasteiger partial charge in [0, 0.05) is 29.7 Å². The standard InChI is InChI=1S/C10H11NO.C2H6/c1-11-6-8(7-12)9-4-2-3-5-10(9)11;1-2/h2-6,12H,7H2,1H3;1-2H3. The SMILES string of the molecule is CC.Cn1cc(CO)c2ccccc21. The highest BCUT2D eigenvalue weighted by atomic mass is 16.3. The van der Waals surface area contributed by atoms with E-state index in [1.54, 1.807) is 0 Å². The maximum absolute atomic E-state index is 9.04. The predicted octanol–water partition coefficient (Wildman–Crippen LogP) is 2.70. The van der Waals surface area contributed by atoms with Crippen molar-refractivity contribution in [1.29, 1.82) is 0 Å². The van der Waals surface area contributed by atoms with Crippen LogP contribution in [-0.4, -0.2) is 9.67 Å². The Kier molecular flexibility index (Phi) is 3.72. The van der Waals surface area contributed by atoms with Crippen LogP contribution in [0.1, 0.15) is 19.4 Å². The van der Waals surface area contributed by atoms with Crippen molar-refractivity contribution < 1.29 is 5.11 Å². The first-order valence-electron chi connectivity index (χ1n) is 4.96. The summed E-state index contributed by atoms with van der Waals surface area (Å²) < 4.78 is 2.03. The van der Waals surface area contributed by atoms with E-state index in [2.05, 4.69) is 6.07 Å². The molecule has 0 fully saturated rings. The summed E-state index contributed by atoms with van der Waals surface area (Å²) in [5.74, 6) is 0. The zero-order valence-electron chi connectivity index (χ0n) is 8.99. The van der Waals surface area contributed by atoms with Crippen LogP contribution in [0.15, 0.2) is 30.5 Å². The summed E-state index contributed by atoms with van der Waals surface area (Å²) >= 11 is 0. The molecule has 1 aromatic heterocycles. The number of para-hydroxylation sites is 1. The largest absolute Gasteiger partial charge is 0.392 e. The van der Waals surface area contributed by atoms with Crippen LogP contribution in [0.3, 0.4) is 0 Å². The first-order chi connectivity index (χ1) is 6.83. The maximum atomic E-state index is 9.04. The van der Waals surface area contributed by atoms with E-state index >= 15 is 0 Å². The van der Waals surface area contributed by atoms with Crippen molar-refractivity contribution in [3.05, 3.63) is 36.0 Å². The molecule has 2 heteroatoms. The smallest absolute Gasteiger partial charge is 0.0702 e. The summed E-state index contributed by atoms with van der Waals surface area (Å²) in [4.78, 5) is 0. The topological polar surface area (TPSA) is 25.2 Å². The van der Waals surface area contributed by atoms with Crippen LogP contribution in [-0.2, 0) is 13.7 Å². The fraction of sp³-hybridized carbons (Fsp3) is 0.333. The molecule has 0 amide bonds. The van der Waals surface area contributed by atoms with Gasteiger partial charge in [-0.15, -0.1) is 0 Å². The Hall–Kier alpha value is -1.28. The fourth-order valence-electron chi connectivity index (χ4n) is 1.55. The lowest BCUT2D eigenvalue weighted by atomic mass is 10.2. The molecule has 0 aliphatic rings. The number of hydrogen-bond donors (Lipinski definition) is 1. The number of aliphatic hydroxyl groups excluding tert-OH is 1. The number of benzene rings is 1. The molecule has 2 aromatic rings. The van der Waals surface area contributed by atoms with E-state index in [0.29, 0.717) is 0 Å². The molecule has 0 atom stereocenters. The quantitative estimate of drug-likeness (QED) is 0.736. The van der Waals surface area contributed by atoms with E-state index in [1.165, 1.54) is 5.52 Å². The number of fused-ring (bicyclic) bond motifs is 1. The average Bonchev–Trinajstić information content (AvgIpc) is 2.59. The predicted molar refractivity (Wildman–Crippen MR) is 60.2 cm³/mol. The Balaban J connectivity index is 0.000000461. The molecule has 0 bridgehead atoms. The molecule has 0 unspecified atom stereocenters. The van der Waals surface area contributed by atoms with Gasteiger partial charge in [0.2, 0.25) is 0 Å². The van der Waals surface area contributed by atoms with E-state index in [0.717, 1.165) is 10.9 Å². The molecule has 1 N–H and O–H groups in total. The number of rotatable bonds is 1. The summed E-state index contributed by atoms with van der Waals surface area (Å²) in [5.41, 5.74) is 2.16. The van der Waals surface area contributed by atoms with Crippen molar-refractivity contribution in [3.8, 4) is 0 Å². The highest BCUT2D eigenvalue weighted by molar-refractivity contribution is 5.83. The highest BCUT2D eigenvalue weighted by Gasteiger charge is 2.02. The lowest BCUT2D eigenvalue weighted by molar-refractivity contribution is 0.283. The van der Waals surface area contributed by atoms with Crippen LogP contribution in [0.4, 0.5) is 0 Å². The molecule has 0 saturated carbocycles. The van der Waals surface area contributed by atoms with Crippen molar-refractivity contribution in [2.24, 2.45) is 7.05 Å². The Morgan fingerprint density at radius 1 is 1.21 bits per heavy atom. The van der Waals surface area contributed by atoms with Crippen molar-refractivity contribution in [1.82, 2.24) is 4.57 Å². The van der Waals surface area contributed by atoms with Crippen LogP contribution < -0.4 is 0 Å². The molecule has 2 nitrogen and oxygen atoms in total. The van der Waals surface area contributed by atoms with E-state index in [1.807, 2.05) is 49.9 Å². The van der Waals surface area contributed by atoms with Gasteiger partial charge < -0.3 is 9.67 Å². The van der Waals surface area contributed by atoms with Gasteiger partial charge in [0.1, 0.15) is 0 Å². The zero-order chi connectivity index (χ0) is 10.6. The van der Waals surface area contributed by atoms with Crippen LogP contribution in [0.25, 0.3) is 10.9 Å². The summed E-state index contributed by atoms with van der Waals surface area (Å²) in [6, 6.07) is 8.07. The van der Waals surface area contributed by atoms with E-state index < -0.39 is 0 Å². The zero-order valence-corrected chi connectivity index (χ0v) is 8.99. The molecule has 2 rings (SSSR count). The number of aryl methyl sites for hydroxylation is 1. The van der Waals surface area contributed by atoms with Crippen molar-refractivity contribution in [2.75, 3.05) is 0 Å². The normalized spacial score (nSPS) is 9.71. The first-order valence-corrected chi connectivity index (χ1v) is 4.96. The fourth-order valence-corrected chi connectivity index (χ4v) is 1.55. The van der Waals surface area contributed by atoms with Crippen LogP contribution in [0.5, 0.6) is 0 Å². The second kappa shape index (κ2) is 4.82. The van der Waals surface area contributed by atoms with Gasteiger partial charge in [-0.1, -0.05) is 32.0 Å². The monoisotopic (exact) mass is 191 g/mol. The Labute approximate surface area is 84.8 Å². The third-order valence-electron chi connectivity index (χ3n) is 2.15. The molecule has 0 aliphatic carbocycles. The average molecular weight is 191 g/mol. The molecule has 14 heavy (non-hydrogen) atoms. The molecule has 0 spiro atoms. The van der Waals surface area contributed by atoms with Crippen molar-refractivity contribution in [3.63, 3.8) is 0 Å². The van der Waals surface area contributed by atoms with Gasteiger partial charge in [-0.25, -0.2) is 0 Å². The third kappa shape index (κ3) is 1.80. The summed E-state index contributed by atoms with van der Waals surface area (Å²) in [6.07, 6.45) is 1.96. The minimum atomic E-state index is 0.112. The van der Waals surface area contributed by atoms with Crippen molar-refractivity contribution in [2.45, 2.75) is 20.5 Å². The van der Waals surface area contributed by atoms with E-state index in [-0.39, 0.29) is 6.61 Å². The minimum Gasteiger partial charge on any atom is -0.392 e. The summed E-state index contributed by atoms with van der Waals surface area (Å²) in [6.45, 7) is 4.11. The lowest BCUT2D eigenvalue weighted by Crippen LogP contribution is -1.82. The third-order valence-corrected chi connectivity index (χ3v) is 2.15. The molecule has 76 valence electrons. The summed E-state index contributed by atoms with van der Waals surface area (Å²) in [5, 5.41) is 10.2. The minimum absolute atomic E-state index is 0.112. The van der Waals surface area contributed by atoms with Crippen LogP contribution >= 0.6 is 0 Å². The summed E-state index contributed by atoms with van der Waals surface area (Å²) in [7, 11) is 1.99. The Morgan fingerprint density at radius 2 is 1.86 bits per heavy atom. The lowest BCUT2D eigenvalue weighted by Gasteiger charge is -1.93. The van der Waals surface area contributed by atoms with Crippen LogP contribution in [0, 0.1) is 0 Å². The van der Waals surface area contributed by atoms with Crippen LogP contribution in [0.2, 0.25) is 0 Å². The van der Waals surface area contributed by atoms with Gasteiger partial charge in [-0.05, 0) is 6.07 Å². The van der Waals surface area contributed by atoms with Gasteiger partial charge in [0.05, 0.1) is 6.61 Å². The first kappa shape index (κ1) is 10.8. The van der Waals surface area contributed by atoms with Gasteiger partial charge in [-0.2, -0.15) is 0 Å². The van der Waals surface area contributed by atoms with Gasteiger partial charge in [0.25, 0.3) is 0 Å². The highest BCUT2D eigenvalue weighted by Crippen LogP contribution is 2.19. The number of hydrogen-bond acceptors (Lipinski definition) is 1.